The van der Waals surface area contributed by atoms with Crippen LogP contribution in [0, 0.1) is 11.8 Å². The van der Waals surface area contributed by atoms with E-state index in [1.807, 2.05) is 24.3 Å². The van der Waals surface area contributed by atoms with Crippen molar-refractivity contribution in [3.05, 3.63) is 34.8 Å². The summed E-state index contributed by atoms with van der Waals surface area (Å²) in [5.74, 6) is -1.15. The molecule has 0 saturated heterocycles. The van der Waals surface area contributed by atoms with Crippen LogP contribution in [0.25, 0.3) is 10.6 Å². The predicted molar refractivity (Wildman–Crippen MR) is 110 cm³/mol. The van der Waals surface area contributed by atoms with E-state index in [1.54, 1.807) is 11.3 Å². The third-order valence-electron chi connectivity index (χ3n) is 5.69. The zero-order valence-corrected chi connectivity index (χ0v) is 16.6. The number of aliphatic carboxylic acids is 1. The Kier molecular flexibility index (Phi) is 5.73. The molecule has 148 valence electrons. The molecule has 1 aromatic heterocycles. The summed E-state index contributed by atoms with van der Waals surface area (Å²) >= 11 is 1.76. The first kappa shape index (κ1) is 19.1. The molecular formula is C21H25N3O3S. The summed E-state index contributed by atoms with van der Waals surface area (Å²) in [5.41, 5.74) is 3.06. The first-order chi connectivity index (χ1) is 13.6. The molecule has 0 bridgehead atoms. The fourth-order valence-corrected chi connectivity index (χ4v) is 5.09. The Balaban J connectivity index is 1.37. The van der Waals surface area contributed by atoms with Gasteiger partial charge in [-0.05, 0) is 56.4 Å². The molecule has 2 heterocycles. The zero-order chi connectivity index (χ0) is 19.5. The van der Waals surface area contributed by atoms with Gasteiger partial charge in [-0.15, -0.1) is 11.3 Å². The summed E-state index contributed by atoms with van der Waals surface area (Å²) in [4.78, 5) is 29.7. The molecule has 0 atom stereocenters. The van der Waals surface area contributed by atoms with Crippen LogP contribution in [-0.4, -0.2) is 35.1 Å². The van der Waals surface area contributed by atoms with Crippen LogP contribution in [0.3, 0.4) is 0 Å². The van der Waals surface area contributed by atoms with Gasteiger partial charge in [0.25, 0.3) is 0 Å². The number of rotatable bonds is 4. The molecule has 3 N–H and O–H groups in total. The van der Waals surface area contributed by atoms with Crippen LogP contribution in [0.1, 0.15) is 36.3 Å². The van der Waals surface area contributed by atoms with Crippen LogP contribution in [0.15, 0.2) is 24.3 Å². The van der Waals surface area contributed by atoms with Crippen LogP contribution in [-0.2, 0) is 22.4 Å². The van der Waals surface area contributed by atoms with Crippen LogP contribution in [0.4, 0.5) is 5.69 Å². The lowest BCUT2D eigenvalue weighted by molar-refractivity contribution is -0.143. The smallest absolute Gasteiger partial charge is 0.306 e. The Labute approximate surface area is 168 Å². The van der Waals surface area contributed by atoms with E-state index in [1.165, 1.54) is 10.6 Å². The summed E-state index contributed by atoms with van der Waals surface area (Å²) in [5, 5.41) is 16.5. The molecule has 1 aromatic carbocycles. The number of carbonyl (C=O) groups is 2. The number of thiazole rings is 1. The number of amides is 1. The Hall–Kier alpha value is -2.25. The minimum atomic E-state index is -0.745. The number of fused-ring (bicyclic) bond motifs is 1. The lowest BCUT2D eigenvalue weighted by Crippen LogP contribution is -2.29. The van der Waals surface area contributed by atoms with Crippen LogP contribution in [0.2, 0.25) is 0 Å². The van der Waals surface area contributed by atoms with Gasteiger partial charge in [0.05, 0.1) is 11.6 Å². The molecule has 2 aliphatic rings. The van der Waals surface area contributed by atoms with E-state index in [0.717, 1.165) is 42.2 Å². The molecule has 28 heavy (non-hydrogen) atoms. The van der Waals surface area contributed by atoms with Gasteiger partial charge in [0.2, 0.25) is 5.91 Å². The van der Waals surface area contributed by atoms with Gasteiger partial charge in [-0.2, -0.15) is 0 Å². The Morgan fingerprint density at radius 3 is 2.43 bits per heavy atom. The second-order valence-electron chi connectivity index (χ2n) is 7.59. The van der Waals surface area contributed by atoms with Gasteiger partial charge >= 0.3 is 5.97 Å². The lowest BCUT2D eigenvalue weighted by atomic mass is 9.81. The van der Waals surface area contributed by atoms with Gasteiger partial charge in [0, 0.05) is 41.6 Å². The number of carboxylic acids is 1. The maximum absolute atomic E-state index is 12.5. The van der Waals surface area contributed by atoms with E-state index in [2.05, 4.69) is 10.6 Å². The van der Waals surface area contributed by atoms with E-state index in [-0.39, 0.29) is 17.7 Å². The Bertz CT molecular complexity index is 831. The predicted octanol–water partition coefficient (Wildman–Crippen LogP) is 3.33. The number of carbonyl (C=O) groups excluding carboxylic acids is 1. The fraction of sp³-hybridized carbons (Fsp3) is 0.476. The number of nitrogens with one attached hydrogen (secondary N) is 2. The number of hydrogen-bond acceptors (Lipinski definition) is 5. The average Bonchev–Trinajstić information content (AvgIpc) is 2.99. The first-order valence-corrected chi connectivity index (χ1v) is 10.7. The number of carboxylic acid groups (broad SMARTS) is 1. The summed E-state index contributed by atoms with van der Waals surface area (Å²) in [6.45, 7) is 1.99. The van der Waals surface area contributed by atoms with Crippen LogP contribution >= 0.6 is 11.3 Å². The van der Waals surface area contributed by atoms with E-state index in [4.69, 9.17) is 10.1 Å². The molecule has 1 aliphatic carbocycles. The third kappa shape index (κ3) is 4.25. The highest BCUT2D eigenvalue weighted by atomic mass is 32.1. The van der Waals surface area contributed by atoms with E-state index < -0.39 is 5.97 Å². The van der Waals surface area contributed by atoms with Gasteiger partial charge in [-0.1, -0.05) is 0 Å². The fourth-order valence-electron chi connectivity index (χ4n) is 3.97. The average molecular weight is 400 g/mol. The third-order valence-corrected chi connectivity index (χ3v) is 6.90. The van der Waals surface area contributed by atoms with Gasteiger partial charge in [-0.25, -0.2) is 4.98 Å². The molecule has 0 spiro atoms. The minimum Gasteiger partial charge on any atom is -0.481 e. The highest BCUT2D eigenvalue weighted by molar-refractivity contribution is 7.15. The van der Waals surface area contributed by atoms with E-state index in [9.17, 15) is 9.59 Å². The maximum atomic E-state index is 12.5. The molecule has 1 fully saturated rings. The highest BCUT2D eigenvalue weighted by Gasteiger charge is 2.29. The SMILES string of the molecule is O=C(O)C1CCC(C(=O)Nc2ccc(-c3nc4c(s3)CCNCC4)cc2)CC1. The zero-order valence-electron chi connectivity index (χ0n) is 15.7. The van der Waals surface area contributed by atoms with Gasteiger partial charge in [0.1, 0.15) is 5.01 Å². The van der Waals surface area contributed by atoms with E-state index in [0.29, 0.717) is 25.7 Å². The monoisotopic (exact) mass is 399 g/mol. The topological polar surface area (TPSA) is 91.3 Å². The van der Waals surface area contributed by atoms with Crippen molar-refractivity contribution < 1.29 is 14.7 Å². The molecule has 1 amide bonds. The molecule has 1 aliphatic heterocycles. The van der Waals surface area contributed by atoms with Crippen molar-refractivity contribution in [1.82, 2.24) is 10.3 Å². The number of nitrogens with zero attached hydrogens (tertiary/aromatic N) is 1. The minimum absolute atomic E-state index is 0.00921. The first-order valence-electron chi connectivity index (χ1n) is 9.93. The van der Waals surface area contributed by atoms with E-state index >= 15 is 0 Å². The van der Waals surface area contributed by atoms with Crippen molar-refractivity contribution in [1.29, 1.82) is 0 Å². The van der Waals surface area contributed by atoms with Crippen molar-refractivity contribution in [2.24, 2.45) is 11.8 Å². The molecule has 0 radical (unpaired) electrons. The second kappa shape index (κ2) is 8.41. The summed E-state index contributed by atoms with van der Waals surface area (Å²) < 4.78 is 0. The molecule has 6 nitrogen and oxygen atoms in total. The summed E-state index contributed by atoms with van der Waals surface area (Å²) in [6.07, 6.45) is 4.45. The molecule has 2 aromatic rings. The standard InChI is InChI=1S/C21H25N3O3S/c25-19(13-1-3-15(4-2-13)21(26)27)23-16-7-5-14(6-8-16)20-24-17-9-11-22-12-10-18(17)28-20/h5-8,13,15,22H,1-4,9-12H2,(H,23,25)(H,26,27). The number of hydrogen-bond donors (Lipinski definition) is 3. The second-order valence-corrected chi connectivity index (χ2v) is 8.68. The summed E-state index contributed by atoms with van der Waals surface area (Å²) in [7, 11) is 0. The number of benzene rings is 1. The van der Waals surface area contributed by atoms with Crippen molar-refractivity contribution in [3.8, 4) is 10.6 Å². The van der Waals surface area contributed by atoms with Crippen molar-refractivity contribution >= 4 is 28.9 Å². The molecule has 7 heteroatoms. The van der Waals surface area contributed by atoms with Crippen molar-refractivity contribution in [2.75, 3.05) is 18.4 Å². The molecule has 0 unspecified atom stereocenters. The molecular weight excluding hydrogens is 374 g/mol. The van der Waals surface area contributed by atoms with Crippen LogP contribution in [0.5, 0.6) is 0 Å². The van der Waals surface area contributed by atoms with Gasteiger partial charge in [0.15, 0.2) is 0 Å². The largest absolute Gasteiger partial charge is 0.481 e. The molecule has 1 saturated carbocycles. The lowest BCUT2D eigenvalue weighted by Gasteiger charge is -2.25. The van der Waals surface area contributed by atoms with Gasteiger partial charge in [-0.3, -0.25) is 9.59 Å². The van der Waals surface area contributed by atoms with Gasteiger partial charge < -0.3 is 15.7 Å². The highest BCUT2D eigenvalue weighted by Crippen LogP contribution is 2.32. The molecule has 4 rings (SSSR count). The summed E-state index contributed by atoms with van der Waals surface area (Å²) in [6, 6.07) is 7.86. The normalized spacial score (nSPS) is 22.1. The van der Waals surface area contributed by atoms with Crippen molar-refractivity contribution in [3.63, 3.8) is 0 Å². The Morgan fingerprint density at radius 2 is 1.71 bits per heavy atom. The maximum Gasteiger partial charge on any atom is 0.306 e. The van der Waals surface area contributed by atoms with Crippen molar-refractivity contribution in [2.45, 2.75) is 38.5 Å². The van der Waals surface area contributed by atoms with Crippen LogP contribution < -0.4 is 10.6 Å². The Morgan fingerprint density at radius 1 is 1.04 bits per heavy atom. The number of anilines is 1. The number of aromatic nitrogens is 1. The quantitative estimate of drug-likeness (QED) is 0.734.